The number of carbonyl (C=O) groups is 10. The van der Waals surface area contributed by atoms with Crippen LogP contribution in [0.4, 0.5) is 0 Å². The summed E-state index contributed by atoms with van der Waals surface area (Å²) in [6, 6.07) is 7.73. The average molecular weight is 1010 g/mol. The fourth-order valence-corrected chi connectivity index (χ4v) is 6.22. The molecule has 2 aromatic rings. The van der Waals surface area contributed by atoms with Crippen LogP contribution in [0.5, 0.6) is 0 Å². The molecule has 0 aromatic heterocycles. The van der Waals surface area contributed by atoms with E-state index in [1.807, 2.05) is 0 Å². The number of benzene rings is 2. The summed E-state index contributed by atoms with van der Waals surface area (Å²) in [6.45, 7) is -1.60. The molecule has 27 nitrogen and oxygen atoms in total. The van der Waals surface area contributed by atoms with Crippen LogP contribution in [-0.2, 0) is 60.8 Å². The monoisotopic (exact) mass is 1000 g/mol. The highest BCUT2D eigenvalue weighted by atomic mass is 35.5. The molecule has 0 saturated carbocycles. The van der Waals surface area contributed by atoms with E-state index in [0.29, 0.717) is 11.1 Å². The molecule has 384 valence electrons. The maximum Gasteiger partial charge on any atom is 0.326 e. The van der Waals surface area contributed by atoms with Gasteiger partial charge in [0, 0.05) is 19.5 Å². The number of rotatable bonds is 31. The van der Waals surface area contributed by atoms with Gasteiger partial charge in [-0.2, -0.15) is 0 Å². The third-order valence-electron chi connectivity index (χ3n) is 9.60. The van der Waals surface area contributed by atoms with Crippen LogP contribution in [0.1, 0.15) is 49.7 Å². The quantitative estimate of drug-likeness (QED) is 0.0191. The number of aliphatic imine (C=N–C) groups is 2. The number of amides is 7. The van der Waals surface area contributed by atoms with E-state index in [-0.39, 0.29) is 75.9 Å². The lowest BCUT2D eigenvalue weighted by molar-refractivity contribution is -0.142. The molecular formula is C42H61ClN14O13. The Morgan fingerprint density at radius 3 is 1.30 bits per heavy atom. The van der Waals surface area contributed by atoms with E-state index in [1.165, 1.54) is 0 Å². The van der Waals surface area contributed by atoms with Crippen LogP contribution in [0.3, 0.4) is 0 Å². The van der Waals surface area contributed by atoms with Crippen molar-refractivity contribution in [2.24, 2.45) is 38.7 Å². The molecule has 70 heavy (non-hydrogen) atoms. The van der Waals surface area contributed by atoms with Crippen molar-refractivity contribution >= 4 is 83.6 Å². The number of carboxylic acids is 3. The van der Waals surface area contributed by atoms with Gasteiger partial charge in [0.05, 0.1) is 32.0 Å². The Balaban J connectivity index is 0.0000245. The second kappa shape index (κ2) is 31.8. The Morgan fingerprint density at radius 2 is 0.871 bits per heavy atom. The van der Waals surface area contributed by atoms with Crippen LogP contribution < -0.4 is 65.9 Å². The zero-order valence-corrected chi connectivity index (χ0v) is 38.7. The van der Waals surface area contributed by atoms with Gasteiger partial charge in [-0.15, -0.1) is 12.4 Å². The Kier molecular flexibility index (Phi) is 27.2. The highest BCUT2D eigenvalue weighted by Gasteiger charge is 2.32. The minimum atomic E-state index is -1.83. The van der Waals surface area contributed by atoms with Crippen LogP contribution in [0.15, 0.2) is 70.6 Å². The minimum absolute atomic E-state index is 0. The molecule has 2 aromatic carbocycles. The molecule has 7 amide bonds. The van der Waals surface area contributed by atoms with Crippen molar-refractivity contribution < 1.29 is 63.3 Å². The van der Waals surface area contributed by atoms with Crippen molar-refractivity contribution in [2.75, 3.05) is 26.2 Å². The van der Waals surface area contributed by atoms with Crippen LogP contribution in [0.2, 0.25) is 0 Å². The lowest BCUT2D eigenvalue weighted by Crippen LogP contribution is -2.58. The van der Waals surface area contributed by atoms with Crippen molar-refractivity contribution in [3.05, 3.63) is 71.8 Å². The summed E-state index contributed by atoms with van der Waals surface area (Å²) in [7, 11) is 0. The maximum atomic E-state index is 13.9. The van der Waals surface area contributed by atoms with Gasteiger partial charge in [0.1, 0.15) is 30.2 Å². The number of hydrogen-bond donors (Lipinski definition) is 15. The summed E-state index contributed by atoms with van der Waals surface area (Å²) in [5.74, 6) is -11.9. The Bertz CT molecular complexity index is 2160. The predicted octanol–water partition coefficient (Wildman–Crippen LogP) is -4.98. The highest BCUT2D eigenvalue weighted by molar-refractivity contribution is 5.98. The lowest BCUT2D eigenvalue weighted by Gasteiger charge is -2.25. The molecule has 0 aliphatic rings. The predicted molar refractivity (Wildman–Crippen MR) is 253 cm³/mol. The fourth-order valence-electron chi connectivity index (χ4n) is 6.22. The van der Waals surface area contributed by atoms with Gasteiger partial charge in [-0.25, -0.2) is 4.79 Å². The highest BCUT2D eigenvalue weighted by Crippen LogP contribution is 2.08. The summed E-state index contributed by atoms with van der Waals surface area (Å²) in [5, 5.41) is 44.6. The summed E-state index contributed by atoms with van der Waals surface area (Å²) >= 11 is 0. The summed E-state index contributed by atoms with van der Waals surface area (Å²) in [5.41, 5.74) is 28.5. The molecule has 20 N–H and O–H groups in total. The van der Waals surface area contributed by atoms with Crippen molar-refractivity contribution in [2.45, 2.75) is 87.6 Å². The van der Waals surface area contributed by atoms with E-state index >= 15 is 0 Å². The Labute approximate surface area is 407 Å². The standard InChI is InChI=1S/C42H60N14O13.ClH/c43-25(17-23-9-3-1-4-10-23)35(63)54-29(19-33(59)60)36(64)50-21-31(57)52-26(13-7-15-48-41(44)45)38(66)55-28(18-24-11-5-2-6-12-24)39(67)56-30(20-34(61)62)37(65)51-22-32(58)53-27(40(68)69)14-8-16-49-42(46)47;/h1-6,9-12,25-30H,7-8,13-22,43H2,(H,50,64)(H,51,65)(H,52,57)(H,53,58)(H,54,63)(H,55,66)(H,56,67)(H,59,60)(H,61,62)(H,68,69)(H4,44,45,48)(H4,46,47,49);1H/t25-,26-,27-,28-,29-,30-;/m0./s1. The Hall–Kier alpha value is -8.07. The van der Waals surface area contributed by atoms with Crippen LogP contribution in [0.25, 0.3) is 0 Å². The van der Waals surface area contributed by atoms with Gasteiger partial charge in [-0.3, -0.25) is 53.1 Å². The topological polar surface area (TPSA) is 470 Å². The molecule has 6 atom stereocenters. The number of nitrogens with one attached hydrogen (secondary N) is 7. The largest absolute Gasteiger partial charge is 0.481 e. The number of nitrogens with two attached hydrogens (primary N) is 5. The SMILES string of the molecule is Cl.NC(N)=NCCC[C@H](NC(=O)CNC(=O)[C@H](CC(=O)O)NC(=O)[C@H](Cc1ccccc1)NC(=O)[C@H](CCCN=C(N)N)NC(=O)CNC(=O)[C@H](CC(=O)O)NC(=O)[C@@H](N)Cc1ccccc1)C(=O)O. The van der Waals surface area contributed by atoms with Gasteiger partial charge in [0.2, 0.25) is 41.4 Å². The second-order valence-electron chi connectivity index (χ2n) is 15.3. The van der Waals surface area contributed by atoms with E-state index in [2.05, 4.69) is 47.2 Å². The van der Waals surface area contributed by atoms with E-state index in [0.717, 1.165) is 0 Å². The molecule has 0 spiro atoms. The lowest BCUT2D eigenvalue weighted by atomic mass is 10.0. The first kappa shape index (κ1) is 59.9. The number of nitrogens with zero attached hydrogens (tertiary/aromatic N) is 2. The van der Waals surface area contributed by atoms with E-state index < -0.39 is 121 Å². The van der Waals surface area contributed by atoms with Gasteiger partial charge in [-0.05, 0) is 43.2 Å². The first-order valence-corrected chi connectivity index (χ1v) is 21.3. The van der Waals surface area contributed by atoms with Gasteiger partial charge >= 0.3 is 17.9 Å². The minimum Gasteiger partial charge on any atom is -0.481 e. The summed E-state index contributed by atoms with van der Waals surface area (Å²) < 4.78 is 0. The van der Waals surface area contributed by atoms with Crippen LogP contribution in [0, 0.1) is 0 Å². The number of carboxylic acid groups (broad SMARTS) is 3. The van der Waals surface area contributed by atoms with Crippen LogP contribution >= 0.6 is 12.4 Å². The zero-order chi connectivity index (χ0) is 51.5. The zero-order valence-electron chi connectivity index (χ0n) is 37.8. The molecular weight excluding hydrogens is 944 g/mol. The molecule has 0 unspecified atom stereocenters. The first-order valence-electron chi connectivity index (χ1n) is 21.3. The maximum absolute atomic E-state index is 13.9. The van der Waals surface area contributed by atoms with Crippen molar-refractivity contribution in [1.82, 2.24) is 37.2 Å². The Morgan fingerprint density at radius 1 is 0.486 bits per heavy atom. The molecule has 28 heteroatoms. The van der Waals surface area contributed by atoms with Gasteiger partial charge in [0.25, 0.3) is 0 Å². The fraction of sp³-hybridized carbons (Fsp3) is 0.429. The van der Waals surface area contributed by atoms with Gasteiger partial charge < -0.3 is 81.2 Å². The second-order valence-corrected chi connectivity index (χ2v) is 15.3. The van der Waals surface area contributed by atoms with E-state index in [4.69, 9.17) is 28.7 Å². The number of guanidine groups is 2. The molecule has 0 radical (unpaired) electrons. The van der Waals surface area contributed by atoms with Crippen molar-refractivity contribution in [3.8, 4) is 0 Å². The molecule has 2 rings (SSSR count). The van der Waals surface area contributed by atoms with Crippen molar-refractivity contribution in [1.29, 1.82) is 0 Å². The van der Waals surface area contributed by atoms with E-state index in [1.54, 1.807) is 60.7 Å². The smallest absolute Gasteiger partial charge is 0.326 e. The third-order valence-corrected chi connectivity index (χ3v) is 9.60. The molecule has 0 saturated heterocycles. The summed E-state index contributed by atoms with van der Waals surface area (Å²) in [4.78, 5) is 136. The number of halogens is 1. The molecule has 0 heterocycles. The number of hydrogen-bond acceptors (Lipinski definition) is 13. The van der Waals surface area contributed by atoms with Gasteiger partial charge in [0.15, 0.2) is 11.9 Å². The molecule has 0 fully saturated rings. The molecule has 0 aliphatic heterocycles. The molecule has 0 bridgehead atoms. The number of carbonyl (C=O) groups excluding carboxylic acids is 7. The normalized spacial score (nSPS) is 13.0. The number of aliphatic carboxylic acids is 3. The average Bonchev–Trinajstić information content (AvgIpc) is 3.28. The van der Waals surface area contributed by atoms with E-state index in [9.17, 15) is 63.3 Å². The van der Waals surface area contributed by atoms with Gasteiger partial charge in [-0.1, -0.05) is 60.7 Å². The van der Waals surface area contributed by atoms with Crippen LogP contribution in [-0.4, -0.2) is 149 Å². The van der Waals surface area contributed by atoms with Crippen molar-refractivity contribution in [3.63, 3.8) is 0 Å². The molecule has 0 aliphatic carbocycles. The summed E-state index contributed by atoms with van der Waals surface area (Å²) in [6.07, 6.45) is -2.05. The third kappa shape index (κ3) is 24.6. The first-order chi connectivity index (χ1) is 32.6.